The van der Waals surface area contributed by atoms with Crippen LogP contribution >= 0.6 is 27.3 Å². The van der Waals surface area contributed by atoms with E-state index in [1.54, 1.807) is 0 Å². The van der Waals surface area contributed by atoms with Crippen molar-refractivity contribution in [1.82, 2.24) is 19.5 Å². The number of nitrogens with zero attached hydrogens (tertiary/aromatic N) is 5. The molecule has 3 heterocycles. The van der Waals surface area contributed by atoms with Crippen LogP contribution in [0.3, 0.4) is 0 Å². The summed E-state index contributed by atoms with van der Waals surface area (Å²) in [5, 5.41) is 15.3. The van der Waals surface area contributed by atoms with Crippen molar-refractivity contribution >= 4 is 37.9 Å². The Morgan fingerprint density at radius 2 is 1.71 bits per heavy atom. The van der Waals surface area contributed by atoms with Gasteiger partial charge < -0.3 is 10.0 Å². The zero-order valence-corrected chi connectivity index (χ0v) is 19.3. The number of piperazine rings is 1. The molecule has 160 valence electrons. The van der Waals surface area contributed by atoms with Gasteiger partial charge in [0.1, 0.15) is 11.6 Å². The average molecular weight is 502 g/mol. The van der Waals surface area contributed by atoms with Crippen molar-refractivity contribution in [2.24, 2.45) is 0 Å². The number of halogens is 2. The van der Waals surface area contributed by atoms with Crippen molar-refractivity contribution in [3.63, 3.8) is 0 Å². The molecule has 0 aliphatic carbocycles. The molecule has 0 amide bonds. The molecule has 6 nitrogen and oxygen atoms in total. The number of anilines is 1. The van der Waals surface area contributed by atoms with Gasteiger partial charge in [-0.2, -0.15) is 4.52 Å². The standard InChI is InChI=1S/C22H21BrFN5OS/c1-14-25-22-29(26-14)21(30)20(31-22)19(15-2-4-16(23)5-3-15)28-12-10-27(11-13-28)18-8-6-17(24)7-9-18/h2-9,19,30H,10-13H2,1H3. The van der Waals surface area contributed by atoms with Gasteiger partial charge in [0.15, 0.2) is 0 Å². The van der Waals surface area contributed by atoms with E-state index in [4.69, 9.17) is 0 Å². The van der Waals surface area contributed by atoms with Crippen LogP contribution in [0.2, 0.25) is 0 Å². The molecule has 2 aromatic heterocycles. The molecule has 1 atom stereocenters. The van der Waals surface area contributed by atoms with Crippen LogP contribution in [0, 0.1) is 12.7 Å². The van der Waals surface area contributed by atoms with Gasteiger partial charge in [-0.1, -0.05) is 39.4 Å². The number of rotatable bonds is 4. The molecule has 1 unspecified atom stereocenters. The van der Waals surface area contributed by atoms with Crippen molar-refractivity contribution in [3.8, 4) is 5.88 Å². The van der Waals surface area contributed by atoms with E-state index in [9.17, 15) is 9.50 Å². The topological polar surface area (TPSA) is 56.9 Å². The Morgan fingerprint density at radius 3 is 2.35 bits per heavy atom. The molecular formula is C22H21BrFN5OS. The second-order valence-electron chi connectivity index (χ2n) is 7.60. The summed E-state index contributed by atoms with van der Waals surface area (Å²) in [6.07, 6.45) is 0. The van der Waals surface area contributed by atoms with E-state index >= 15 is 0 Å². The fourth-order valence-electron chi connectivity index (χ4n) is 4.09. The van der Waals surface area contributed by atoms with E-state index in [1.807, 2.05) is 31.2 Å². The van der Waals surface area contributed by atoms with Crippen LogP contribution in [-0.2, 0) is 0 Å². The fourth-order valence-corrected chi connectivity index (χ4v) is 5.52. The normalized spacial score (nSPS) is 16.2. The SMILES string of the molecule is Cc1nc2sc(C(c3ccc(Br)cc3)N3CCN(c4ccc(F)cc4)CC3)c(O)n2n1. The summed E-state index contributed by atoms with van der Waals surface area (Å²) in [5.74, 6) is 0.565. The first-order valence-electron chi connectivity index (χ1n) is 10.0. The monoisotopic (exact) mass is 501 g/mol. The first-order chi connectivity index (χ1) is 15.0. The Kier molecular flexibility index (Phi) is 5.41. The highest BCUT2D eigenvalue weighted by Gasteiger charge is 2.31. The summed E-state index contributed by atoms with van der Waals surface area (Å²) in [5.41, 5.74) is 2.13. The molecule has 4 aromatic rings. The Balaban J connectivity index is 1.46. The third-order valence-electron chi connectivity index (χ3n) is 5.61. The van der Waals surface area contributed by atoms with Gasteiger partial charge in [-0.15, -0.1) is 5.10 Å². The fraction of sp³-hybridized carbons (Fsp3) is 0.273. The number of hydrogen-bond acceptors (Lipinski definition) is 6. The minimum atomic E-state index is -0.222. The number of hydrogen-bond donors (Lipinski definition) is 1. The van der Waals surface area contributed by atoms with E-state index in [0.29, 0.717) is 10.8 Å². The highest BCUT2D eigenvalue weighted by molar-refractivity contribution is 9.10. The molecule has 1 fully saturated rings. The number of thiazole rings is 1. The lowest BCUT2D eigenvalue weighted by Crippen LogP contribution is -2.47. The lowest BCUT2D eigenvalue weighted by atomic mass is 10.0. The van der Waals surface area contributed by atoms with Crippen molar-refractivity contribution in [3.05, 3.63) is 75.1 Å². The molecule has 5 rings (SSSR count). The third-order valence-corrected chi connectivity index (χ3v) is 7.21. The minimum Gasteiger partial charge on any atom is -0.492 e. The van der Waals surface area contributed by atoms with Crippen LogP contribution in [0.25, 0.3) is 4.96 Å². The van der Waals surface area contributed by atoms with E-state index in [1.165, 1.54) is 28.0 Å². The summed E-state index contributed by atoms with van der Waals surface area (Å²) in [7, 11) is 0. The van der Waals surface area contributed by atoms with Gasteiger partial charge in [0.05, 0.1) is 10.9 Å². The van der Waals surface area contributed by atoms with E-state index in [2.05, 4.69) is 47.9 Å². The highest BCUT2D eigenvalue weighted by Crippen LogP contribution is 2.40. The van der Waals surface area contributed by atoms with Crippen LogP contribution in [-0.4, -0.2) is 50.8 Å². The molecule has 1 aliphatic heterocycles. The van der Waals surface area contributed by atoms with Gasteiger partial charge in [-0.25, -0.2) is 9.37 Å². The van der Waals surface area contributed by atoms with Gasteiger partial charge in [-0.3, -0.25) is 4.90 Å². The quantitative estimate of drug-likeness (QED) is 0.442. The summed E-state index contributed by atoms with van der Waals surface area (Å²) in [6, 6.07) is 14.8. The smallest absolute Gasteiger partial charge is 0.230 e. The lowest BCUT2D eigenvalue weighted by molar-refractivity contribution is 0.211. The summed E-state index contributed by atoms with van der Waals surface area (Å²) < 4.78 is 15.8. The average Bonchev–Trinajstić information content (AvgIpc) is 3.28. The molecule has 1 saturated heterocycles. The zero-order valence-electron chi connectivity index (χ0n) is 16.9. The Hall–Kier alpha value is -2.49. The summed E-state index contributed by atoms with van der Waals surface area (Å²) in [4.78, 5) is 10.6. The molecule has 31 heavy (non-hydrogen) atoms. The number of fused-ring (bicyclic) bond motifs is 1. The molecule has 1 N–H and O–H groups in total. The summed E-state index contributed by atoms with van der Waals surface area (Å²) >= 11 is 4.99. The Labute approximate surface area is 191 Å². The van der Waals surface area contributed by atoms with Crippen molar-refractivity contribution in [2.75, 3.05) is 31.1 Å². The number of benzene rings is 2. The first-order valence-corrected chi connectivity index (χ1v) is 11.7. The van der Waals surface area contributed by atoms with Crippen LogP contribution in [0.5, 0.6) is 5.88 Å². The first kappa shape index (κ1) is 20.4. The van der Waals surface area contributed by atoms with Crippen LogP contribution in [0.4, 0.5) is 10.1 Å². The van der Waals surface area contributed by atoms with Crippen molar-refractivity contribution in [2.45, 2.75) is 13.0 Å². The maximum absolute atomic E-state index is 13.3. The van der Waals surface area contributed by atoms with E-state index in [0.717, 1.165) is 46.8 Å². The molecule has 1 aliphatic rings. The third kappa shape index (κ3) is 3.93. The second-order valence-corrected chi connectivity index (χ2v) is 9.52. The van der Waals surface area contributed by atoms with Gasteiger partial charge >= 0.3 is 0 Å². The van der Waals surface area contributed by atoms with Crippen molar-refractivity contribution < 1.29 is 9.50 Å². The van der Waals surface area contributed by atoms with Crippen LogP contribution in [0.1, 0.15) is 22.3 Å². The molecular weight excluding hydrogens is 481 g/mol. The predicted octanol–water partition coefficient (Wildman–Crippen LogP) is 4.62. The van der Waals surface area contributed by atoms with Gasteiger partial charge in [0, 0.05) is 36.3 Å². The van der Waals surface area contributed by atoms with Crippen molar-refractivity contribution in [1.29, 1.82) is 0 Å². The molecule has 0 radical (unpaired) electrons. The summed E-state index contributed by atoms with van der Waals surface area (Å²) in [6.45, 7) is 5.08. The number of aromatic hydroxyl groups is 1. The molecule has 0 saturated carbocycles. The molecule has 2 aromatic carbocycles. The molecule has 0 bridgehead atoms. The van der Waals surface area contributed by atoms with Gasteiger partial charge in [-0.05, 0) is 48.9 Å². The Bertz CT molecular complexity index is 1200. The lowest BCUT2D eigenvalue weighted by Gasteiger charge is -2.40. The van der Waals surface area contributed by atoms with Crippen LogP contribution < -0.4 is 4.90 Å². The predicted molar refractivity (Wildman–Crippen MR) is 123 cm³/mol. The highest BCUT2D eigenvalue weighted by atomic mass is 79.9. The maximum Gasteiger partial charge on any atom is 0.230 e. The van der Waals surface area contributed by atoms with Gasteiger partial charge in [0.2, 0.25) is 10.8 Å². The molecule has 9 heteroatoms. The largest absolute Gasteiger partial charge is 0.492 e. The number of aromatic nitrogens is 3. The minimum absolute atomic E-state index is 0.0997. The number of aryl methyl sites for hydroxylation is 1. The zero-order chi connectivity index (χ0) is 21.5. The van der Waals surface area contributed by atoms with E-state index in [-0.39, 0.29) is 17.7 Å². The molecule has 0 spiro atoms. The van der Waals surface area contributed by atoms with E-state index < -0.39 is 0 Å². The Morgan fingerprint density at radius 1 is 1.03 bits per heavy atom. The van der Waals surface area contributed by atoms with Gasteiger partial charge in [0.25, 0.3) is 0 Å². The van der Waals surface area contributed by atoms with Crippen LogP contribution in [0.15, 0.2) is 53.0 Å². The second kappa shape index (κ2) is 8.22. The maximum atomic E-state index is 13.3.